The molecule has 4 rings (SSSR count). The van der Waals surface area contributed by atoms with Crippen LogP contribution in [0.15, 0.2) is 76.8 Å². The molecule has 0 N–H and O–H groups in total. The number of nitrogens with zero attached hydrogens (tertiary/aromatic N) is 6. The van der Waals surface area contributed by atoms with Gasteiger partial charge in [0.25, 0.3) is 11.2 Å². The molecule has 0 spiro atoms. The predicted octanol–water partition coefficient (Wildman–Crippen LogP) is 3.98. The van der Waals surface area contributed by atoms with Crippen molar-refractivity contribution in [2.45, 2.75) is 13.8 Å². The maximum Gasteiger partial charge on any atom is 0.289 e. The van der Waals surface area contributed by atoms with Crippen molar-refractivity contribution in [2.24, 2.45) is 5.10 Å². The molecule has 9 heteroatoms. The highest BCUT2D eigenvalue weighted by atomic mass is 16.6. The Balaban J connectivity index is 1.84. The number of pyridine rings is 1. The van der Waals surface area contributed by atoms with Crippen molar-refractivity contribution in [3.05, 3.63) is 110 Å². The summed E-state index contributed by atoms with van der Waals surface area (Å²) in [5.41, 5.74) is 3.29. The van der Waals surface area contributed by atoms with E-state index >= 15 is 0 Å². The Morgan fingerprint density at radius 3 is 2.45 bits per heavy atom. The number of nitriles is 1. The average molecular weight is 438 g/mol. The summed E-state index contributed by atoms with van der Waals surface area (Å²) >= 11 is 0. The summed E-state index contributed by atoms with van der Waals surface area (Å²) in [5.74, 6) is 0. The predicted molar refractivity (Wildman–Crippen MR) is 124 cm³/mol. The van der Waals surface area contributed by atoms with E-state index in [0.29, 0.717) is 28.1 Å². The van der Waals surface area contributed by atoms with Gasteiger partial charge in [0.05, 0.1) is 16.8 Å². The van der Waals surface area contributed by atoms with Crippen LogP contribution in [0.4, 0.5) is 5.69 Å². The van der Waals surface area contributed by atoms with Gasteiger partial charge < -0.3 is 0 Å². The van der Waals surface area contributed by atoms with Crippen molar-refractivity contribution in [2.75, 3.05) is 0 Å². The summed E-state index contributed by atoms with van der Waals surface area (Å²) in [6.45, 7) is 3.44. The van der Waals surface area contributed by atoms with Gasteiger partial charge in [-0.15, -0.1) is 0 Å². The largest absolute Gasteiger partial charge is 0.289 e. The number of non-ortho nitro benzene ring substituents is 1. The van der Waals surface area contributed by atoms with Crippen LogP contribution in [0.5, 0.6) is 0 Å². The van der Waals surface area contributed by atoms with Crippen LogP contribution >= 0.6 is 0 Å². The quantitative estimate of drug-likeness (QED) is 0.265. The zero-order valence-electron chi connectivity index (χ0n) is 17.8. The van der Waals surface area contributed by atoms with Crippen molar-refractivity contribution in [1.29, 1.82) is 5.26 Å². The van der Waals surface area contributed by atoms with Crippen molar-refractivity contribution >= 4 is 11.9 Å². The standard InChI is InChI=1S/C24H18N6O3/c1-16-12-17(2)29(24(31)22(16)13-25)26-14-19-15-28(20-6-4-3-5-7-20)27-23(19)18-8-10-21(11-9-18)30(32)33/h3-12,14-15H,1-2H3/b26-14+. The second kappa shape index (κ2) is 8.72. The number of hydrogen-bond donors (Lipinski definition) is 0. The fourth-order valence-electron chi connectivity index (χ4n) is 3.44. The fourth-order valence-corrected chi connectivity index (χ4v) is 3.44. The Morgan fingerprint density at radius 1 is 1.12 bits per heavy atom. The number of rotatable bonds is 5. The molecule has 4 aromatic rings. The second-order valence-corrected chi connectivity index (χ2v) is 7.33. The number of benzene rings is 2. The summed E-state index contributed by atoms with van der Waals surface area (Å²) < 4.78 is 2.84. The van der Waals surface area contributed by atoms with E-state index in [-0.39, 0.29) is 11.3 Å². The third-order valence-corrected chi connectivity index (χ3v) is 5.10. The van der Waals surface area contributed by atoms with Gasteiger partial charge in [-0.1, -0.05) is 18.2 Å². The number of nitro benzene ring substituents is 1. The van der Waals surface area contributed by atoms with E-state index in [4.69, 9.17) is 0 Å². The monoisotopic (exact) mass is 438 g/mol. The topological polar surface area (TPSA) is 119 Å². The molecule has 2 heterocycles. The Morgan fingerprint density at radius 2 is 1.82 bits per heavy atom. The van der Waals surface area contributed by atoms with Gasteiger partial charge in [-0.05, 0) is 49.7 Å². The van der Waals surface area contributed by atoms with Crippen molar-refractivity contribution in [3.63, 3.8) is 0 Å². The van der Waals surface area contributed by atoms with Crippen molar-refractivity contribution in [1.82, 2.24) is 14.5 Å². The normalized spacial score (nSPS) is 10.9. The lowest BCUT2D eigenvalue weighted by molar-refractivity contribution is -0.384. The Hall–Kier alpha value is -4.84. The first-order valence-corrected chi connectivity index (χ1v) is 9.96. The molecular formula is C24H18N6O3. The number of nitro groups is 1. The van der Waals surface area contributed by atoms with Gasteiger partial charge in [-0.2, -0.15) is 15.5 Å². The molecule has 0 unspecified atom stereocenters. The molecule has 0 fully saturated rings. The molecule has 0 amide bonds. The molecule has 0 atom stereocenters. The average Bonchev–Trinajstić information content (AvgIpc) is 3.24. The summed E-state index contributed by atoms with van der Waals surface area (Å²) in [7, 11) is 0. The zero-order chi connectivity index (χ0) is 23.5. The van der Waals surface area contributed by atoms with Crippen LogP contribution in [0.3, 0.4) is 0 Å². The molecule has 0 saturated carbocycles. The third kappa shape index (κ3) is 4.18. The minimum atomic E-state index is -0.501. The summed E-state index contributed by atoms with van der Waals surface area (Å²) in [6, 6.07) is 19.1. The van der Waals surface area contributed by atoms with E-state index in [1.807, 2.05) is 36.4 Å². The fraction of sp³-hybridized carbons (Fsp3) is 0.0833. The first-order chi connectivity index (χ1) is 15.9. The minimum absolute atomic E-state index is 0.0256. The smallest absolute Gasteiger partial charge is 0.266 e. The highest BCUT2D eigenvalue weighted by Crippen LogP contribution is 2.25. The molecule has 0 aliphatic heterocycles. The number of para-hydroxylation sites is 1. The third-order valence-electron chi connectivity index (χ3n) is 5.10. The summed E-state index contributed by atoms with van der Waals surface area (Å²) in [5, 5.41) is 29.3. The lowest BCUT2D eigenvalue weighted by atomic mass is 10.1. The Bertz CT molecular complexity index is 1480. The molecule has 0 bridgehead atoms. The summed E-state index contributed by atoms with van der Waals surface area (Å²) in [6.07, 6.45) is 3.25. The van der Waals surface area contributed by atoms with Crippen LogP contribution < -0.4 is 5.56 Å². The molecule has 0 radical (unpaired) electrons. The molecule has 2 aromatic heterocycles. The van der Waals surface area contributed by atoms with Gasteiger partial charge in [0, 0.05) is 35.2 Å². The van der Waals surface area contributed by atoms with Gasteiger partial charge in [-0.3, -0.25) is 14.9 Å². The first kappa shape index (κ1) is 21.4. The first-order valence-electron chi connectivity index (χ1n) is 9.96. The number of aromatic nitrogens is 3. The van der Waals surface area contributed by atoms with Crippen LogP contribution in [0.2, 0.25) is 0 Å². The van der Waals surface area contributed by atoms with Crippen LogP contribution in [0.25, 0.3) is 16.9 Å². The van der Waals surface area contributed by atoms with E-state index in [1.54, 1.807) is 42.9 Å². The minimum Gasteiger partial charge on any atom is -0.266 e. The number of hydrogen-bond acceptors (Lipinski definition) is 6. The highest BCUT2D eigenvalue weighted by molar-refractivity contribution is 5.88. The van der Waals surface area contributed by atoms with E-state index in [9.17, 15) is 20.2 Å². The molecule has 162 valence electrons. The molecular weight excluding hydrogens is 420 g/mol. The molecule has 9 nitrogen and oxygen atoms in total. The van der Waals surface area contributed by atoms with Crippen molar-refractivity contribution in [3.8, 4) is 23.0 Å². The molecule has 0 saturated heterocycles. The molecule has 2 aromatic carbocycles. The van der Waals surface area contributed by atoms with Gasteiger partial charge in [0.15, 0.2) is 0 Å². The highest BCUT2D eigenvalue weighted by Gasteiger charge is 2.14. The lowest BCUT2D eigenvalue weighted by Crippen LogP contribution is -2.22. The van der Waals surface area contributed by atoms with E-state index in [1.165, 1.54) is 23.0 Å². The maximum atomic E-state index is 12.7. The van der Waals surface area contributed by atoms with Crippen LogP contribution in [0, 0.1) is 35.3 Å². The van der Waals surface area contributed by atoms with Gasteiger partial charge in [0.2, 0.25) is 0 Å². The SMILES string of the molecule is Cc1cc(C)n(/N=C/c2cn(-c3ccccc3)nc2-c2ccc([N+](=O)[O-])cc2)c(=O)c1C#N. The number of aryl methyl sites for hydroxylation is 2. The van der Waals surface area contributed by atoms with Gasteiger partial charge >= 0.3 is 0 Å². The van der Waals surface area contributed by atoms with Gasteiger partial charge in [-0.25, -0.2) is 9.36 Å². The maximum absolute atomic E-state index is 12.7. The van der Waals surface area contributed by atoms with Crippen molar-refractivity contribution < 1.29 is 4.92 Å². The van der Waals surface area contributed by atoms with E-state index in [0.717, 1.165) is 5.69 Å². The van der Waals surface area contributed by atoms with E-state index in [2.05, 4.69) is 10.2 Å². The molecule has 0 aliphatic rings. The van der Waals surface area contributed by atoms with Crippen LogP contribution in [0.1, 0.15) is 22.4 Å². The van der Waals surface area contributed by atoms with Crippen LogP contribution in [-0.2, 0) is 0 Å². The van der Waals surface area contributed by atoms with E-state index < -0.39 is 10.5 Å². The van der Waals surface area contributed by atoms with Gasteiger partial charge in [0.1, 0.15) is 17.3 Å². The molecule has 0 aliphatic carbocycles. The lowest BCUT2D eigenvalue weighted by Gasteiger charge is -2.06. The Labute approximate surface area is 188 Å². The zero-order valence-corrected chi connectivity index (χ0v) is 17.8. The summed E-state index contributed by atoms with van der Waals surface area (Å²) in [4.78, 5) is 23.2. The molecule has 33 heavy (non-hydrogen) atoms. The van der Waals surface area contributed by atoms with Crippen LogP contribution in [-0.4, -0.2) is 25.6 Å². The second-order valence-electron chi connectivity index (χ2n) is 7.33. The Kier molecular flexibility index (Phi) is 5.66.